The van der Waals surface area contributed by atoms with Gasteiger partial charge in [-0.05, 0) is 0 Å². The molecule has 0 aliphatic carbocycles. The molecule has 4 N–H and O–H groups in total. The number of hydrogen-bond donors (Lipinski definition) is 0. The van der Waals surface area contributed by atoms with E-state index in [1.54, 1.807) is 0 Å². The van der Waals surface area contributed by atoms with Crippen molar-refractivity contribution in [3.63, 3.8) is 0 Å². The molecule has 28 valence electrons. The first kappa shape index (κ1) is 65.0. The van der Waals surface area contributed by atoms with Gasteiger partial charge in [0.25, 0.3) is 0 Å². The van der Waals surface area contributed by atoms with E-state index in [4.69, 9.17) is 0 Å². The summed E-state index contributed by atoms with van der Waals surface area (Å²) in [6.07, 6.45) is 0. The molecule has 2 nitrogen and oxygen atoms in total. The fourth-order valence-electron chi connectivity index (χ4n) is 0. The van der Waals surface area contributed by atoms with Crippen LogP contribution in [0.1, 0.15) is 0 Å². The molecule has 0 spiro atoms. The summed E-state index contributed by atoms with van der Waals surface area (Å²) in [7, 11) is 0. The Morgan fingerprint density at radius 3 is 0.750 bits per heavy atom. The van der Waals surface area contributed by atoms with E-state index in [2.05, 4.69) is 0 Å². The van der Waals surface area contributed by atoms with Gasteiger partial charge in [-0.1, -0.05) is 0 Å². The van der Waals surface area contributed by atoms with Crippen molar-refractivity contribution in [1.29, 1.82) is 0 Å². The Balaban J connectivity index is 0. The Morgan fingerprint density at radius 1 is 0.750 bits per heavy atom. The van der Waals surface area contributed by atoms with E-state index in [0.29, 0.717) is 0 Å². The van der Waals surface area contributed by atoms with E-state index in [1.165, 1.54) is 0 Å². The summed E-state index contributed by atoms with van der Waals surface area (Å²) in [6, 6.07) is 0. The third-order valence-corrected chi connectivity index (χ3v) is 0. The summed E-state index contributed by atoms with van der Waals surface area (Å²) in [5, 5.41) is 0. The normalized spacial score (nSPS) is 0. The van der Waals surface area contributed by atoms with Gasteiger partial charge in [0.15, 0.2) is 0 Å². The van der Waals surface area contributed by atoms with Gasteiger partial charge in [-0.2, -0.15) is 0 Å². The first-order valence-electron chi connectivity index (χ1n) is 0. The molecule has 0 amide bonds. The van der Waals surface area contributed by atoms with E-state index in [9.17, 15) is 0 Å². The van der Waals surface area contributed by atoms with Crippen LogP contribution in [0.5, 0.6) is 0 Å². The summed E-state index contributed by atoms with van der Waals surface area (Å²) >= 11 is 0. The van der Waals surface area contributed by atoms with E-state index in [0.717, 1.165) is 0 Å². The molecule has 0 bridgehead atoms. The molecule has 0 atom stereocenters. The molecule has 0 rings (SSSR count). The maximum absolute atomic E-state index is 0. The van der Waals surface area contributed by atoms with E-state index in [-0.39, 0.29) is 50.5 Å². The minimum absolute atomic E-state index is 0. The summed E-state index contributed by atoms with van der Waals surface area (Å²) in [4.78, 5) is 0. The van der Waals surface area contributed by atoms with Crippen molar-refractivity contribution in [2.45, 2.75) is 0 Å². The number of rotatable bonds is 0. The molecule has 2 radical (unpaired) electrons. The molecule has 0 aromatic carbocycles. The topological polar surface area (TPSA) is 63.0 Å². The number of hydrogen-bond acceptors (Lipinski definition) is 0. The summed E-state index contributed by atoms with van der Waals surface area (Å²) in [5.41, 5.74) is 0. The van der Waals surface area contributed by atoms with Gasteiger partial charge in [0.2, 0.25) is 0 Å². The molecular formula is H4MgNiO2. The van der Waals surface area contributed by atoms with Crippen molar-refractivity contribution in [3.8, 4) is 0 Å². The Morgan fingerprint density at radius 2 is 0.750 bits per heavy atom. The molecule has 0 aliphatic rings. The zero-order valence-electron chi connectivity index (χ0n) is 2.02. The first-order chi connectivity index (χ1) is 0. The molecule has 0 fully saturated rings. The molecule has 0 heterocycles. The molecule has 0 aromatic rings. The van der Waals surface area contributed by atoms with Crippen LogP contribution in [0.2, 0.25) is 0 Å². The van der Waals surface area contributed by atoms with Gasteiger partial charge in [0, 0.05) is 39.5 Å². The van der Waals surface area contributed by atoms with Gasteiger partial charge in [0.05, 0.1) is 0 Å². The van der Waals surface area contributed by atoms with Gasteiger partial charge in [-0.25, -0.2) is 0 Å². The average Bonchev–Trinajstić information content (AvgIpc) is 0. The van der Waals surface area contributed by atoms with Gasteiger partial charge in [-0.3, -0.25) is 0 Å². The summed E-state index contributed by atoms with van der Waals surface area (Å²) in [6.45, 7) is 0. The Hall–Kier alpha value is 1.18. The SMILES string of the molecule is O.O.[Mg].[Ni]. The van der Waals surface area contributed by atoms with Crippen LogP contribution in [0, 0.1) is 0 Å². The molecular weight excluding hydrogens is 115 g/mol. The Labute approximate surface area is 50.6 Å². The molecule has 0 saturated heterocycles. The smallest absolute Gasteiger partial charge is 0 e. The zero-order chi connectivity index (χ0) is 0. The van der Waals surface area contributed by atoms with E-state index >= 15 is 0 Å². The monoisotopic (exact) mass is 118 g/mol. The first-order valence-corrected chi connectivity index (χ1v) is 0. The van der Waals surface area contributed by atoms with Crippen molar-refractivity contribution < 1.29 is 27.4 Å². The minimum Gasteiger partial charge on any atom is -0.412 e. The van der Waals surface area contributed by atoms with Crippen LogP contribution in [-0.4, -0.2) is 34.0 Å². The van der Waals surface area contributed by atoms with Crippen LogP contribution >= 0.6 is 0 Å². The van der Waals surface area contributed by atoms with Crippen molar-refractivity contribution >= 4 is 23.1 Å². The Bertz CT molecular complexity index is 6.00. The second kappa shape index (κ2) is 30.4. The van der Waals surface area contributed by atoms with E-state index in [1.807, 2.05) is 0 Å². The molecule has 0 aromatic heterocycles. The maximum atomic E-state index is 0. The largest absolute Gasteiger partial charge is 0.412 e. The van der Waals surface area contributed by atoms with Crippen LogP contribution < -0.4 is 0 Å². The van der Waals surface area contributed by atoms with Gasteiger partial charge < -0.3 is 11.0 Å². The molecule has 0 aliphatic heterocycles. The van der Waals surface area contributed by atoms with Crippen LogP contribution in [0.25, 0.3) is 0 Å². The van der Waals surface area contributed by atoms with Crippen molar-refractivity contribution in [2.75, 3.05) is 0 Å². The predicted octanol–water partition coefficient (Wildman–Crippen LogP) is -2.03. The molecule has 4 heteroatoms. The van der Waals surface area contributed by atoms with E-state index < -0.39 is 0 Å². The van der Waals surface area contributed by atoms with Gasteiger partial charge in [-0.15, -0.1) is 0 Å². The minimum atomic E-state index is 0. The maximum Gasteiger partial charge on any atom is 0 e. The van der Waals surface area contributed by atoms with Crippen LogP contribution in [0.3, 0.4) is 0 Å². The molecule has 4 heavy (non-hydrogen) atoms. The Kier molecular flexibility index (Phi) is 494. The fraction of sp³-hybridized carbons (Fsp3) is 0. The fourth-order valence-corrected chi connectivity index (χ4v) is 0. The third-order valence-electron chi connectivity index (χ3n) is 0. The zero-order valence-corrected chi connectivity index (χ0v) is 4.43. The van der Waals surface area contributed by atoms with Gasteiger partial charge in [0.1, 0.15) is 0 Å². The van der Waals surface area contributed by atoms with Crippen molar-refractivity contribution in [1.82, 2.24) is 0 Å². The van der Waals surface area contributed by atoms with Crippen molar-refractivity contribution in [3.05, 3.63) is 0 Å². The summed E-state index contributed by atoms with van der Waals surface area (Å²) in [5.74, 6) is 0. The van der Waals surface area contributed by atoms with Crippen LogP contribution in [0.15, 0.2) is 0 Å². The third kappa shape index (κ3) is 10.9. The van der Waals surface area contributed by atoms with Gasteiger partial charge >= 0.3 is 0 Å². The predicted molar refractivity (Wildman–Crippen MR) is 13.0 cm³/mol. The second-order valence-corrected chi connectivity index (χ2v) is 0. The van der Waals surface area contributed by atoms with Crippen LogP contribution in [0.4, 0.5) is 0 Å². The quantitative estimate of drug-likeness (QED) is 0.330. The van der Waals surface area contributed by atoms with Crippen LogP contribution in [-0.2, 0) is 16.5 Å². The summed E-state index contributed by atoms with van der Waals surface area (Å²) < 4.78 is 0. The van der Waals surface area contributed by atoms with Crippen molar-refractivity contribution in [2.24, 2.45) is 0 Å². The average molecular weight is 119 g/mol. The standard InChI is InChI=1S/Mg.Ni.2H2O/h;;2*1H2. The molecule has 0 unspecified atom stereocenters. The molecule has 0 saturated carbocycles. The second-order valence-electron chi connectivity index (χ2n) is 0.